The molecule has 6 nitrogen and oxygen atoms in total. The highest BCUT2D eigenvalue weighted by atomic mass is 16.5. The summed E-state index contributed by atoms with van der Waals surface area (Å²) in [6.45, 7) is 4.29. The lowest BCUT2D eigenvalue weighted by Gasteiger charge is -2.36. The predicted molar refractivity (Wildman–Crippen MR) is 124 cm³/mol. The van der Waals surface area contributed by atoms with Gasteiger partial charge in [0, 0.05) is 48.7 Å². The van der Waals surface area contributed by atoms with Crippen LogP contribution in [0.15, 0.2) is 54.7 Å². The third kappa shape index (κ3) is 3.70. The SMILES string of the molecule is COc1cc(-c2cnc3ccccc3c2)ccc1C(=O)N1CCN(C(=O)C2(C)CC2)CC1. The average Bonchev–Trinajstić information content (AvgIpc) is 3.61. The molecule has 2 heterocycles. The first-order valence-corrected chi connectivity index (χ1v) is 11.1. The predicted octanol–water partition coefficient (Wildman–Crippen LogP) is 3.99. The second kappa shape index (κ2) is 7.93. The Bertz CT molecular complexity index is 1190. The van der Waals surface area contributed by atoms with E-state index >= 15 is 0 Å². The van der Waals surface area contributed by atoms with Crippen LogP contribution in [0.25, 0.3) is 22.0 Å². The van der Waals surface area contributed by atoms with Gasteiger partial charge in [0.2, 0.25) is 5.91 Å². The van der Waals surface area contributed by atoms with Gasteiger partial charge in [-0.3, -0.25) is 14.6 Å². The van der Waals surface area contributed by atoms with Crippen molar-refractivity contribution in [3.05, 3.63) is 60.3 Å². The fourth-order valence-electron chi connectivity index (χ4n) is 4.34. The van der Waals surface area contributed by atoms with Gasteiger partial charge in [-0.05, 0) is 42.7 Å². The van der Waals surface area contributed by atoms with Gasteiger partial charge in [-0.2, -0.15) is 0 Å². The number of nitrogens with zero attached hydrogens (tertiary/aromatic N) is 3. The van der Waals surface area contributed by atoms with Gasteiger partial charge >= 0.3 is 0 Å². The first-order valence-electron chi connectivity index (χ1n) is 11.1. The number of pyridine rings is 1. The Morgan fingerprint density at radius 1 is 0.938 bits per heavy atom. The lowest BCUT2D eigenvalue weighted by molar-refractivity contribution is -0.137. The van der Waals surface area contributed by atoms with Crippen molar-refractivity contribution in [2.45, 2.75) is 19.8 Å². The Kier molecular flexibility index (Phi) is 5.08. The van der Waals surface area contributed by atoms with E-state index in [1.165, 1.54) is 0 Å². The number of carbonyl (C=O) groups is 2. The largest absolute Gasteiger partial charge is 0.496 e. The van der Waals surface area contributed by atoms with E-state index in [0.29, 0.717) is 37.5 Å². The maximum absolute atomic E-state index is 13.2. The summed E-state index contributed by atoms with van der Waals surface area (Å²) < 4.78 is 5.59. The van der Waals surface area contributed by atoms with Crippen molar-refractivity contribution in [2.24, 2.45) is 5.41 Å². The molecule has 3 aromatic rings. The number of carbonyl (C=O) groups excluding carboxylic acids is 2. The topological polar surface area (TPSA) is 62.7 Å². The first-order chi connectivity index (χ1) is 15.5. The lowest BCUT2D eigenvalue weighted by atomic mass is 10.0. The number of ether oxygens (including phenoxy) is 1. The highest BCUT2D eigenvalue weighted by Gasteiger charge is 2.47. The van der Waals surface area contributed by atoms with Crippen LogP contribution in [-0.4, -0.2) is 59.9 Å². The molecular formula is C26H27N3O3. The van der Waals surface area contributed by atoms with E-state index in [-0.39, 0.29) is 17.2 Å². The van der Waals surface area contributed by atoms with Crippen LogP contribution < -0.4 is 4.74 Å². The summed E-state index contributed by atoms with van der Waals surface area (Å²) in [4.78, 5) is 34.1. The lowest BCUT2D eigenvalue weighted by Crippen LogP contribution is -2.52. The summed E-state index contributed by atoms with van der Waals surface area (Å²) in [5.41, 5.74) is 3.25. The second-order valence-corrected chi connectivity index (χ2v) is 8.98. The molecule has 0 bridgehead atoms. The van der Waals surface area contributed by atoms with Crippen LogP contribution in [0.2, 0.25) is 0 Å². The van der Waals surface area contributed by atoms with E-state index in [9.17, 15) is 9.59 Å². The number of aromatic nitrogens is 1. The van der Waals surface area contributed by atoms with Crippen molar-refractivity contribution < 1.29 is 14.3 Å². The monoisotopic (exact) mass is 429 g/mol. The van der Waals surface area contributed by atoms with E-state index < -0.39 is 0 Å². The van der Waals surface area contributed by atoms with Gasteiger partial charge in [-0.15, -0.1) is 0 Å². The number of hydrogen-bond donors (Lipinski definition) is 0. The van der Waals surface area contributed by atoms with Gasteiger partial charge in [0.1, 0.15) is 5.75 Å². The van der Waals surface area contributed by atoms with Crippen LogP contribution in [0, 0.1) is 5.41 Å². The summed E-state index contributed by atoms with van der Waals surface area (Å²) in [5.74, 6) is 0.718. The maximum Gasteiger partial charge on any atom is 0.257 e. The van der Waals surface area contributed by atoms with Crippen LogP contribution in [-0.2, 0) is 4.79 Å². The van der Waals surface area contributed by atoms with Crippen LogP contribution in [0.5, 0.6) is 5.75 Å². The molecule has 0 unspecified atom stereocenters. The third-order valence-corrected chi connectivity index (χ3v) is 6.73. The quantitative estimate of drug-likeness (QED) is 0.629. The highest BCUT2D eigenvalue weighted by Crippen LogP contribution is 2.46. The number of para-hydroxylation sites is 1. The van der Waals surface area contributed by atoms with Gasteiger partial charge in [-0.25, -0.2) is 0 Å². The number of hydrogen-bond acceptors (Lipinski definition) is 4. The Balaban J connectivity index is 1.33. The average molecular weight is 430 g/mol. The molecule has 164 valence electrons. The molecule has 5 rings (SSSR count). The summed E-state index contributed by atoms with van der Waals surface area (Å²) in [7, 11) is 1.58. The van der Waals surface area contributed by atoms with Gasteiger partial charge in [-0.1, -0.05) is 31.2 Å². The standard InChI is InChI=1S/C26H27N3O3/c1-26(9-10-26)25(31)29-13-11-28(12-14-29)24(30)21-8-7-18(16-23(21)32-2)20-15-19-5-3-4-6-22(19)27-17-20/h3-8,15-17H,9-14H2,1-2H3. The Hall–Kier alpha value is -3.41. The molecule has 2 aliphatic rings. The molecule has 0 atom stereocenters. The molecular weight excluding hydrogens is 402 g/mol. The van der Waals surface area contributed by atoms with E-state index in [1.54, 1.807) is 7.11 Å². The van der Waals surface area contributed by atoms with Crippen molar-refractivity contribution >= 4 is 22.7 Å². The van der Waals surface area contributed by atoms with Crippen LogP contribution in [0.1, 0.15) is 30.1 Å². The third-order valence-electron chi connectivity index (χ3n) is 6.73. The van der Waals surface area contributed by atoms with Crippen molar-refractivity contribution in [2.75, 3.05) is 33.3 Å². The number of methoxy groups -OCH3 is 1. The van der Waals surface area contributed by atoms with E-state index in [0.717, 1.165) is 34.9 Å². The molecule has 6 heteroatoms. The summed E-state index contributed by atoms with van der Waals surface area (Å²) in [6, 6.07) is 15.7. The number of piperazine rings is 1. The molecule has 1 aliphatic heterocycles. The molecule has 2 aromatic carbocycles. The number of amides is 2. The van der Waals surface area contributed by atoms with Crippen LogP contribution in [0.3, 0.4) is 0 Å². The van der Waals surface area contributed by atoms with E-state index in [4.69, 9.17) is 4.74 Å². The maximum atomic E-state index is 13.2. The van der Waals surface area contributed by atoms with Gasteiger partial charge in [0.05, 0.1) is 18.2 Å². The van der Waals surface area contributed by atoms with Gasteiger partial charge < -0.3 is 14.5 Å². The van der Waals surface area contributed by atoms with Crippen molar-refractivity contribution in [1.29, 1.82) is 0 Å². The Morgan fingerprint density at radius 2 is 1.66 bits per heavy atom. The Morgan fingerprint density at radius 3 is 2.38 bits per heavy atom. The van der Waals surface area contributed by atoms with Gasteiger partial charge in [0.25, 0.3) is 5.91 Å². The molecule has 0 N–H and O–H groups in total. The highest BCUT2D eigenvalue weighted by molar-refractivity contribution is 5.98. The molecule has 0 spiro atoms. The van der Waals surface area contributed by atoms with Crippen molar-refractivity contribution in [3.8, 4) is 16.9 Å². The first kappa shape index (κ1) is 20.5. The minimum atomic E-state index is -0.164. The molecule has 1 saturated heterocycles. The normalized spacial score (nSPS) is 17.3. The van der Waals surface area contributed by atoms with Gasteiger partial charge in [0.15, 0.2) is 0 Å². The fraction of sp³-hybridized carbons (Fsp3) is 0.346. The van der Waals surface area contributed by atoms with E-state index in [2.05, 4.69) is 11.1 Å². The molecule has 2 fully saturated rings. The minimum Gasteiger partial charge on any atom is -0.496 e. The minimum absolute atomic E-state index is 0.0604. The number of rotatable bonds is 4. The van der Waals surface area contributed by atoms with E-state index in [1.807, 2.05) is 65.4 Å². The number of benzene rings is 2. The molecule has 2 amide bonds. The van der Waals surface area contributed by atoms with Crippen molar-refractivity contribution in [1.82, 2.24) is 14.8 Å². The smallest absolute Gasteiger partial charge is 0.257 e. The second-order valence-electron chi connectivity index (χ2n) is 8.98. The summed E-state index contributed by atoms with van der Waals surface area (Å²) in [6.07, 6.45) is 3.79. The van der Waals surface area contributed by atoms with Crippen molar-refractivity contribution in [3.63, 3.8) is 0 Å². The zero-order valence-electron chi connectivity index (χ0n) is 18.5. The Labute approximate surface area is 187 Å². The molecule has 32 heavy (non-hydrogen) atoms. The number of fused-ring (bicyclic) bond motifs is 1. The molecule has 1 saturated carbocycles. The zero-order valence-corrected chi connectivity index (χ0v) is 18.5. The molecule has 0 radical (unpaired) electrons. The molecule has 1 aliphatic carbocycles. The van der Waals surface area contributed by atoms with Crippen LogP contribution in [0.4, 0.5) is 0 Å². The molecule has 1 aromatic heterocycles. The van der Waals surface area contributed by atoms with Crippen LogP contribution >= 0.6 is 0 Å². The fourth-order valence-corrected chi connectivity index (χ4v) is 4.34. The summed E-state index contributed by atoms with van der Waals surface area (Å²) in [5, 5.41) is 1.07. The summed E-state index contributed by atoms with van der Waals surface area (Å²) >= 11 is 0. The zero-order chi connectivity index (χ0) is 22.3.